The molecule has 2 saturated heterocycles. The van der Waals surface area contributed by atoms with Crippen molar-refractivity contribution < 1.29 is 24.2 Å². The molecule has 33 heavy (non-hydrogen) atoms. The average Bonchev–Trinajstić information content (AvgIpc) is 3.07. The third-order valence-electron chi connectivity index (χ3n) is 7.69. The maximum atomic E-state index is 13.2. The van der Waals surface area contributed by atoms with Gasteiger partial charge in [-0.05, 0) is 55.2 Å². The monoisotopic (exact) mass is 457 g/mol. The van der Waals surface area contributed by atoms with Crippen molar-refractivity contribution in [3.05, 3.63) is 29.3 Å². The van der Waals surface area contributed by atoms with Crippen LogP contribution in [0.15, 0.2) is 18.2 Å². The van der Waals surface area contributed by atoms with E-state index in [0.29, 0.717) is 6.54 Å². The Hall–Kier alpha value is -2.08. The van der Waals surface area contributed by atoms with Crippen LogP contribution in [0.2, 0.25) is 0 Å². The third kappa shape index (κ3) is 4.64. The number of carbonyl (C=O) groups excluding carboxylic acids is 1. The summed E-state index contributed by atoms with van der Waals surface area (Å²) < 4.78 is 13.2. The minimum absolute atomic E-state index is 0.00201. The smallest absolute Gasteiger partial charge is 0.303 e. The summed E-state index contributed by atoms with van der Waals surface area (Å²) in [6.45, 7) is 15.2. The molecular weight excluding hydrogens is 418 g/mol. The summed E-state index contributed by atoms with van der Waals surface area (Å²) in [5.41, 5.74) is 1.43. The van der Waals surface area contributed by atoms with Gasteiger partial charge in [0.05, 0.1) is 24.7 Å². The number of carboxylic acid groups (broad SMARTS) is 1. The number of benzene rings is 1. The number of hydrogen-bond donors (Lipinski definition) is 1. The van der Waals surface area contributed by atoms with Crippen LogP contribution in [-0.4, -0.2) is 46.2 Å². The molecule has 0 aromatic heterocycles. The molecule has 0 bridgehead atoms. The van der Waals surface area contributed by atoms with Crippen molar-refractivity contribution in [1.29, 1.82) is 0 Å². The summed E-state index contributed by atoms with van der Waals surface area (Å²) >= 11 is 0. The molecule has 6 nitrogen and oxygen atoms in total. The minimum Gasteiger partial charge on any atom is -0.487 e. The normalized spacial score (nSPS) is 28.4. The number of nitrogens with zero attached hydrogens (tertiary/aromatic N) is 1. The van der Waals surface area contributed by atoms with E-state index in [-0.39, 0.29) is 48.3 Å². The molecule has 6 heteroatoms. The molecule has 182 valence electrons. The van der Waals surface area contributed by atoms with Gasteiger partial charge in [-0.2, -0.15) is 0 Å². The highest BCUT2D eigenvalue weighted by Gasteiger charge is 2.54. The summed E-state index contributed by atoms with van der Waals surface area (Å²) in [5, 5.41) is 9.19. The largest absolute Gasteiger partial charge is 0.487 e. The predicted octanol–water partition coefficient (Wildman–Crippen LogP) is 5.09. The molecule has 0 unspecified atom stereocenters. The van der Waals surface area contributed by atoms with Gasteiger partial charge in [-0.3, -0.25) is 9.59 Å². The molecule has 3 aliphatic rings. The van der Waals surface area contributed by atoms with Crippen LogP contribution in [0.5, 0.6) is 5.75 Å². The lowest BCUT2D eigenvalue weighted by molar-refractivity contribution is -0.168. The number of carbonyl (C=O) groups is 2. The first-order chi connectivity index (χ1) is 15.2. The first-order valence-corrected chi connectivity index (χ1v) is 12.2. The van der Waals surface area contributed by atoms with E-state index in [1.165, 1.54) is 5.56 Å². The molecule has 0 radical (unpaired) electrons. The first-order valence-electron chi connectivity index (χ1n) is 12.2. The molecule has 3 aliphatic heterocycles. The second-order valence-corrected chi connectivity index (χ2v) is 12.5. The van der Waals surface area contributed by atoms with Gasteiger partial charge in [0.2, 0.25) is 5.91 Å². The van der Waals surface area contributed by atoms with Gasteiger partial charge in [0, 0.05) is 24.4 Å². The summed E-state index contributed by atoms with van der Waals surface area (Å²) in [7, 11) is 0. The number of likely N-dealkylation sites (tertiary alicyclic amines) is 1. The van der Waals surface area contributed by atoms with Crippen LogP contribution in [0.25, 0.3) is 0 Å². The van der Waals surface area contributed by atoms with E-state index in [1.54, 1.807) is 0 Å². The molecule has 4 rings (SSSR count). The lowest BCUT2D eigenvalue weighted by atomic mass is 9.73. The summed E-state index contributed by atoms with van der Waals surface area (Å²) in [6.07, 6.45) is 1.80. The average molecular weight is 458 g/mol. The predicted molar refractivity (Wildman–Crippen MR) is 126 cm³/mol. The van der Waals surface area contributed by atoms with Gasteiger partial charge < -0.3 is 19.5 Å². The van der Waals surface area contributed by atoms with Crippen molar-refractivity contribution in [3.63, 3.8) is 0 Å². The van der Waals surface area contributed by atoms with Gasteiger partial charge in [0.25, 0.3) is 0 Å². The van der Waals surface area contributed by atoms with Crippen molar-refractivity contribution in [2.75, 3.05) is 6.54 Å². The van der Waals surface area contributed by atoms with Gasteiger partial charge in [0.15, 0.2) is 0 Å². The van der Waals surface area contributed by atoms with E-state index in [4.69, 9.17) is 9.47 Å². The zero-order chi connectivity index (χ0) is 24.3. The third-order valence-corrected chi connectivity index (χ3v) is 7.69. The van der Waals surface area contributed by atoms with E-state index >= 15 is 0 Å². The van der Waals surface area contributed by atoms with Crippen LogP contribution in [0, 0.1) is 11.3 Å². The number of aliphatic carboxylic acids is 1. The van der Waals surface area contributed by atoms with Crippen molar-refractivity contribution in [3.8, 4) is 5.75 Å². The van der Waals surface area contributed by atoms with Crippen molar-refractivity contribution >= 4 is 11.9 Å². The second-order valence-electron chi connectivity index (χ2n) is 12.5. The van der Waals surface area contributed by atoms with Crippen LogP contribution in [0.1, 0.15) is 91.4 Å². The summed E-state index contributed by atoms with van der Waals surface area (Å²) in [4.78, 5) is 26.4. The fraction of sp³-hybridized carbons (Fsp3) is 0.704. The number of amides is 1. The van der Waals surface area contributed by atoms with Gasteiger partial charge in [-0.25, -0.2) is 0 Å². The van der Waals surface area contributed by atoms with E-state index in [2.05, 4.69) is 52.8 Å². The van der Waals surface area contributed by atoms with Crippen molar-refractivity contribution in [1.82, 2.24) is 4.90 Å². The van der Waals surface area contributed by atoms with Crippen LogP contribution >= 0.6 is 0 Å². The number of rotatable bonds is 4. The molecule has 1 aromatic rings. The number of fused-ring (bicyclic) bond motifs is 4. The van der Waals surface area contributed by atoms with Gasteiger partial charge >= 0.3 is 5.97 Å². The highest BCUT2D eigenvalue weighted by atomic mass is 16.5. The fourth-order valence-corrected chi connectivity index (χ4v) is 5.85. The lowest BCUT2D eigenvalue weighted by Gasteiger charge is -2.51. The van der Waals surface area contributed by atoms with E-state index in [9.17, 15) is 14.7 Å². The molecule has 0 aliphatic carbocycles. The molecule has 1 aromatic carbocycles. The molecular formula is C27H39NO5. The maximum Gasteiger partial charge on any atom is 0.303 e. The summed E-state index contributed by atoms with van der Waals surface area (Å²) in [6, 6.07) is 6.48. The standard InChI is InChI=1S/C27H39NO5/c1-25(2,3)16-8-9-20-17(12-16)24-18(27(6,7)33-20)13-19-21(32-24)10-11-28(19)22(29)14-26(4,5)15-23(30)31/h8-9,12,18-19,21,24H,10-11,13-15H2,1-7H3,(H,30,31)/t18-,19+,21-,24+/m1/s1. The van der Waals surface area contributed by atoms with Crippen LogP contribution in [0.4, 0.5) is 0 Å². The quantitative estimate of drug-likeness (QED) is 0.681. The van der Waals surface area contributed by atoms with Gasteiger partial charge in [-0.1, -0.05) is 40.7 Å². The summed E-state index contributed by atoms with van der Waals surface area (Å²) in [5.74, 6) is 0.182. The van der Waals surface area contributed by atoms with E-state index in [0.717, 1.165) is 24.2 Å². The molecule has 2 fully saturated rings. The fourth-order valence-electron chi connectivity index (χ4n) is 5.85. The topological polar surface area (TPSA) is 76.1 Å². The Bertz CT molecular complexity index is 944. The zero-order valence-corrected chi connectivity index (χ0v) is 21.1. The Morgan fingerprint density at radius 2 is 1.85 bits per heavy atom. The van der Waals surface area contributed by atoms with E-state index < -0.39 is 17.0 Å². The Morgan fingerprint density at radius 3 is 2.48 bits per heavy atom. The Labute approximate surface area is 197 Å². The molecule has 0 spiro atoms. The highest BCUT2D eigenvalue weighted by Crippen LogP contribution is 2.53. The Balaban J connectivity index is 1.58. The van der Waals surface area contributed by atoms with Crippen molar-refractivity contribution in [2.45, 2.75) is 103 Å². The lowest BCUT2D eigenvalue weighted by Crippen LogP contribution is -2.54. The highest BCUT2D eigenvalue weighted by molar-refractivity contribution is 5.79. The molecule has 1 amide bonds. The number of hydrogen-bond acceptors (Lipinski definition) is 4. The SMILES string of the molecule is CC(C)(CC(=O)O)CC(=O)N1CC[C@H]2O[C@H]3c4cc(C(C)(C)C)ccc4OC(C)(C)[C@@H]3C[C@@H]21. The molecule has 0 saturated carbocycles. The molecule has 4 atom stereocenters. The minimum atomic E-state index is -0.870. The number of carboxylic acids is 1. The van der Waals surface area contributed by atoms with Gasteiger partial charge in [0.1, 0.15) is 11.4 Å². The maximum absolute atomic E-state index is 13.2. The molecule has 1 N–H and O–H groups in total. The van der Waals surface area contributed by atoms with Crippen molar-refractivity contribution in [2.24, 2.45) is 11.3 Å². The number of ether oxygens (including phenoxy) is 2. The van der Waals surface area contributed by atoms with Crippen LogP contribution < -0.4 is 4.74 Å². The molecule has 3 heterocycles. The van der Waals surface area contributed by atoms with Crippen LogP contribution in [0.3, 0.4) is 0 Å². The first kappa shape index (κ1) is 24.1. The Morgan fingerprint density at radius 1 is 1.15 bits per heavy atom. The Kier molecular flexibility index (Phi) is 5.83. The zero-order valence-electron chi connectivity index (χ0n) is 21.1. The van der Waals surface area contributed by atoms with E-state index in [1.807, 2.05) is 18.7 Å². The van der Waals surface area contributed by atoms with Crippen LogP contribution in [-0.2, 0) is 19.7 Å². The van der Waals surface area contributed by atoms with Gasteiger partial charge in [-0.15, -0.1) is 0 Å². The second kappa shape index (κ2) is 8.00.